The third kappa shape index (κ3) is 3.58. The summed E-state index contributed by atoms with van der Waals surface area (Å²) < 4.78 is 1.86. The van der Waals surface area contributed by atoms with Crippen LogP contribution in [0.4, 0.5) is 5.82 Å². The zero-order valence-corrected chi connectivity index (χ0v) is 14.9. The molecule has 2 aromatic rings. The summed E-state index contributed by atoms with van der Waals surface area (Å²) in [5.41, 5.74) is 8.02. The highest BCUT2D eigenvalue weighted by Gasteiger charge is 2.22. The molecular weight excluding hydrogens is 382 g/mol. The molecule has 0 amide bonds. The van der Waals surface area contributed by atoms with Crippen LogP contribution in [0.3, 0.4) is 0 Å². The lowest BCUT2D eigenvalue weighted by Gasteiger charge is -2.20. The number of halogens is 2. The van der Waals surface area contributed by atoms with E-state index in [-0.39, 0.29) is 5.41 Å². The van der Waals surface area contributed by atoms with Crippen molar-refractivity contribution in [2.45, 2.75) is 32.6 Å². The molecule has 0 aliphatic rings. The van der Waals surface area contributed by atoms with Gasteiger partial charge in [0.1, 0.15) is 11.6 Å². The van der Waals surface area contributed by atoms with E-state index in [1.165, 1.54) is 0 Å². The number of hydrogen-bond donors (Lipinski definition) is 1. The zero-order chi connectivity index (χ0) is 14.9. The maximum Gasteiger partial charge on any atom is 0.141 e. The van der Waals surface area contributed by atoms with Crippen LogP contribution < -0.4 is 5.73 Å². The van der Waals surface area contributed by atoms with E-state index in [0.717, 1.165) is 26.0 Å². The summed E-state index contributed by atoms with van der Waals surface area (Å²) in [4.78, 5) is 9.05. The molecule has 0 saturated carbocycles. The van der Waals surface area contributed by atoms with Crippen molar-refractivity contribution < 1.29 is 0 Å². The summed E-state index contributed by atoms with van der Waals surface area (Å²) >= 11 is 6.92. The Balaban J connectivity index is 2.38. The standard InChI is InChI=1S/C15H17Br2N3/c1-15(2,3)13-12(17)14(18)20-11(19-13)8-9-4-6-10(16)7-5-9/h4-7H,8H2,1-3H3,(H2,18,19,20). The summed E-state index contributed by atoms with van der Waals surface area (Å²) in [6.45, 7) is 6.34. The highest BCUT2D eigenvalue weighted by Crippen LogP contribution is 2.31. The summed E-state index contributed by atoms with van der Waals surface area (Å²) in [6, 6.07) is 8.15. The number of nitrogens with zero attached hydrogens (tertiary/aromatic N) is 2. The van der Waals surface area contributed by atoms with Gasteiger partial charge in [-0.25, -0.2) is 9.97 Å². The number of nitrogen functional groups attached to an aromatic ring is 1. The Hall–Kier alpha value is -0.940. The van der Waals surface area contributed by atoms with Crippen molar-refractivity contribution in [1.82, 2.24) is 9.97 Å². The van der Waals surface area contributed by atoms with E-state index in [2.05, 4.69) is 74.7 Å². The van der Waals surface area contributed by atoms with Gasteiger partial charge in [0, 0.05) is 16.3 Å². The Labute approximate surface area is 136 Å². The fourth-order valence-corrected chi connectivity index (χ4v) is 2.91. The second-order valence-electron chi connectivity index (χ2n) is 5.74. The van der Waals surface area contributed by atoms with Gasteiger partial charge < -0.3 is 5.73 Å². The molecule has 0 aliphatic heterocycles. The van der Waals surface area contributed by atoms with Gasteiger partial charge in [-0.3, -0.25) is 0 Å². The van der Waals surface area contributed by atoms with E-state index in [4.69, 9.17) is 5.73 Å². The van der Waals surface area contributed by atoms with Crippen molar-refractivity contribution in [3.05, 3.63) is 50.3 Å². The maximum atomic E-state index is 5.99. The molecule has 1 aromatic carbocycles. The van der Waals surface area contributed by atoms with E-state index >= 15 is 0 Å². The first-order valence-electron chi connectivity index (χ1n) is 6.34. The molecule has 1 aromatic heterocycles. The van der Waals surface area contributed by atoms with E-state index in [9.17, 15) is 0 Å². The smallest absolute Gasteiger partial charge is 0.141 e. The molecule has 0 bridgehead atoms. The minimum atomic E-state index is -0.0790. The van der Waals surface area contributed by atoms with Crippen LogP contribution in [0.1, 0.15) is 37.9 Å². The highest BCUT2D eigenvalue weighted by atomic mass is 79.9. The number of aromatic nitrogens is 2. The lowest BCUT2D eigenvalue weighted by atomic mass is 9.92. The van der Waals surface area contributed by atoms with Gasteiger partial charge in [-0.2, -0.15) is 0 Å². The summed E-state index contributed by atoms with van der Waals surface area (Å²) in [5.74, 6) is 1.25. The van der Waals surface area contributed by atoms with Crippen LogP contribution in [-0.2, 0) is 11.8 Å². The van der Waals surface area contributed by atoms with Gasteiger partial charge in [0.25, 0.3) is 0 Å². The molecule has 5 heteroatoms. The lowest BCUT2D eigenvalue weighted by Crippen LogP contribution is -2.18. The van der Waals surface area contributed by atoms with E-state index in [0.29, 0.717) is 12.2 Å². The molecule has 2 N–H and O–H groups in total. The first kappa shape index (κ1) is 15.4. The van der Waals surface area contributed by atoms with Crippen LogP contribution in [0, 0.1) is 0 Å². The Kier molecular flexibility index (Phi) is 4.49. The molecule has 0 fully saturated rings. The second-order valence-corrected chi connectivity index (χ2v) is 7.45. The van der Waals surface area contributed by atoms with Gasteiger partial charge in [0.15, 0.2) is 0 Å². The minimum absolute atomic E-state index is 0.0790. The van der Waals surface area contributed by atoms with Crippen molar-refractivity contribution in [2.75, 3.05) is 5.73 Å². The van der Waals surface area contributed by atoms with Crippen molar-refractivity contribution in [2.24, 2.45) is 0 Å². The van der Waals surface area contributed by atoms with Crippen LogP contribution in [0.2, 0.25) is 0 Å². The third-order valence-electron chi connectivity index (χ3n) is 2.91. The number of nitrogens with two attached hydrogens (primary N) is 1. The summed E-state index contributed by atoms with van der Waals surface area (Å²) in [7, 11) is 0. The molecule has 0 radical (unpaired) electrons. The quantitative estimate of drug-likeness (QED) is 0.811. The van der Waals surface area contributed by atoms with E-state index in [1.54, 1.807) is 0 Å². The number of rotatable bonds is 2. The van der Waals surface area contributed by atoms with E-state index < -0.39 is 0 Å². The normalized spacial score (nSPS) is 11.7. The zero-order valence-electron chi connectivity index (χ0n) is 11.7. The van der Waals surface area contributed by atoms with Gasteiger partial charge in [-0.05, 0) is 33.6 Å². The summed E-state index contributed by atoms with van der Waals surface area (Å²) in [5, 5.41) is 0. The molecule has 0 spiro atoms. The Morgan fingerprint density at radius 1 is 1.05 bits per heavy atom. The van der Waals surface area contributed by atoms with Gasteiger partial charge in [-0.15, -0.1) is 0 Å². The molecule has 0 aliphatic carbocycles. The first-order chi connectivity index (χ1) is 9.27. The first-order valence-corrected chi connectivity index (χ1v) is 7.93. The Morgan fingerprint density at radius 2 is 1.65 bits per heavy atom. The van der Waals surface area contributed by atoms with Crippen molar-refractivity contribution in [3.63, 3.8) is 0 Å². The predicted molar refractivity (Wildman–Crippen MR) is 89.8 cm³/mol. The van der Waals surface area contributed by atoms with Gasteiger partial charge in [-0.1, -0.05) is 48.8 Å². The fourth-order valence-electron chi connectivity index (χ4n) is 1.87. The average Bonchev–Trinajstić information content (AvgIpc) is 2.35. The van der Waals surface area contributed by atoms with Crippen molar-refractivity contribution >= 4 is 37.7 Å². The number of benzene rings is 1. The number of anilines is 1. The van der Waals surface area contributed by atoms with Crippen LogP contribution in [-0.4, -0.2) is 9.97 Å². The molecule has 0 saturated heterocycles. The summed E-state index contributed by atoms with van der Waals surface area (Å²) in [6.07, 6.45) is 0.674. The van der Waals surface area contributed by atoms with Crippen LogP contribution >= 0.6 is 31.9 Å². The van der Waals surface area contributed by atoms with Crippen LogP contribution in [0.15, 0.2) is 33.2 Å². The molecular formula is C15H17Br2N3. The molecule has 106 valence electrons. The molecule has 3 nitrogen and oxygen atoms in total. The second kappa shape index (κ2) is 5.82. The van der Waals surface area contributed by atoms with Gasteiger partial charge >= 0.3 is 0 Å². The fraction of sp³-hybridized carbons (Fsp3) is 0.333. The number of hydrogen-bond acceptors (Lipinski definition) is 3. The highest BCUT2D eigenvalue weighted by molar-refractivity contribution is 9.11. The lowest BCUT2D eigenvalue weighted by molar-refractivity contribution is 0.560. The molecule has 0 atom stereocenters. The largest absolute Gasteiger partial charge is 0.383 e. The monoisotopic (exact) mass is 397 g/mol. The van der Waals surface area contributed by atoms with Crippen molar-refractivity contribution in [1.29, 1.82) is 0 Å². The predicted octanol–water partition coefficient (Wildman–Crippen LogP) is 4.47. The molecule has 0 unspecified atom stereocenters. The average molecular weight is 399 g/mol. The van der Waals surface area contributed by atoms with Crippen LogP contribution in [0.25, 0.3) is 0 Å². The van der Waals surface area contributed by atoms with Gasteiger partial charge in [0.05, 0.1) is 10.2 Å². The van der Waals surface area contributed by atoms with E-state index in [1.807, 2.05) is 12.1 Å². The topological polar surface area (TPSA) is 51.8 Å². The van der Waals surface area contributed by atoms with Crippen LogP contribution in [0.5, 0.6) is 0 Å². The Morgan fingerprint density at radius 3 is 2.20 bits per heavy atom. The third-order valence-corrected chi connectivity index (χ3v) is 4.22. The molecule has 2 rings (SSSR count). The SMILES string of the molecule is CC(C)(C)c1nc(Cc2ccc(Br)cc2)nc(N)c1Br. The minimum Gasteiger partial charge on any atom is -0.383 e. The maximum absolute atomic E-state index is 5.99. The molecule has 1 heterocycles. The van der Waals surface area contributed by atoms with Crippen molar-refractivity contribution in [3.8, 4) is 0 Å². The Bertz CT molecular complexity index is 616. The van der Waals surface area contributed by atoms with Gasteiger partial charge in [0.2, 0.25) is 0 Å². The molecule has 20 heavy (non-hydrogen) atoms.